The Morgan fingerprint density at radius 1 is 1.28 bits per heavy atom. The predicted octanol–water partition coefficient (Wildman–Crippen LogP) is 2.27. The van der Waals surface area contributed by atoms with E-state index in [2.05, 4.69) is 0 Å². The number of halogens is 2. The van der Waals surface area contributed by atoms with E-state index in [1.807, 2.05) is 0 Å². The average Bonchev–Trinajstić information content (AvgIpc) is 2.32. The SMILES string of the molecule is COC(CC(C)(O)Cc1cccc(F)c1F)OC. The number of aliphatic hydroxyl groups is 1. The molecule has 1 aromatic rings. The molecule has 18 heavy (non-hydrogen) atoms. The summed E-state index contributed by atoms with van der Waals surface area (Å²) in [5, 5.41) is 10.2. The quantitative estimate of drug-likeness (QED) is 0.797. The van der Waals surface area contributed by atoms with Crippen molar-refractivity contribution in [2.45, 2.75) is 31.7 Å². The lowest BCUT2D eigenvalue weighted by Crippen LogP contribution is -2.34. The largest absolute Gasteiger partial charge is 0.390 e. The van der Waals surface area contributed by atoms with Crippen LogP contribution in [0.15, 0.2) is 18.2 Å². The van der Waals surface area contributed by atoms with Crippen LogP contribution in [0.4, 0.5) is 8.78 Å². The minimum atomic E-state index is -1.24. The Labute approximate surface area is 105 Å². The zero-order valence-electron chi connectivity index (χ0n) is 10.7. The molecule has 5 heteroatoms. The molecule has 0 aliphatic heterocycles. The molecular weight excluding hydrogens is 242 g/mol. The van der Waals surface area contributed by atoms with Gasteiger partial charge in [-0.2, -0.15) is 0 Å². The van der Waals surface area contributed by atoms with Gasteiger partial charge in [-0.15, -0.1) is 0 Å². The van der Waals surface area contributed by atoms with Crippen LogP contribution in [-0.4, -0.2) is 31.2 Å². The summed E-state index contributed by atoms with van der Waals surface area (Å²) in [4.78, 5) is 0. The van der Waals surface area contributed by atoms with E-state index in [1.54, 1.807) is 0 Å². The zero-order chi connectivity index (χ0) is 13.8. The fraction of sp³-hybridized carbons (Fsp3) is 0.538. The van der Waals surface area contributed by atoms with Gasteiger partial charge in [-0.1, -0.05) is 12.1 Å². The van der Waals surface area contributed by atoms with Crippen molar-refractivity contribution in [2.24, 2.45) is 0 Å². The fourth-order valence-electron chi connectivity index (χ4n) is 1.79. The van der Waals surface area contributed by atoms with Crippen molar-refractivity contribution in [3.8, 4) is 0 Å². The van der Waals surface area contributed by atoms with E-state index in [0.29, 0.717) is 0 Å². The predicted molar refractivity (Wildman–Crippen MR) is 63.1 cm³/mol. The highest BCUT2D eigenvalue weighted by molar-refractivity contribution is 5.20. The van der Waals surface area contributed by atoms with Gasteiger partial charge in [-0.3, -0.25) is 0 Å². The number of benzene rings is 1. The first-order chi connectivity index (χ1) is 8.39. The molecule has 0 bridgehead atoms. The second-order valence-corrected chi connectivity index (χ2v) is 4.49. The van der Waals surface area contributed by atoms with Gasteiger partial charge in [0.25, 0.3) is 0 Å². The van der Waals surface area contributed by atoms with Crippen molar-refractivity contribution < 1.29 is 23.4 Å². The highest BCUT2D eigenvalue weighted by Crippen LogP contribution is 2.22. The van der Waals surface area contributed by atoms with E-state index in [0.717, 1.165) is 6.07 Å². The van der Waals surface area contributed by atoms with Crippen molar-refractivity contribution in [3.05, 3.63) is 35.4 Å². The van der Waals surface area contributed by atoms with Crippen molar-refractivity contribution >= 4 is 0 Å². The first-order valence-corrected chi connectivity index (χ1v) is 5.60. The number of rotatable bonds is 6. The molecule has 1 rings (SSSR count). The molecule has 0 spiro atoms. The fourth-order valence-corrected chi connectivity index (χ4v) is 1.79. The number of hydrogen-bond acceptors (Lipinski definition) is 3. The standard InChI is InChI=1S/C13H18F2O3/c1-13(16,8-11(17-2)18-3)7-9-5-4-6-10(14)12(9)15/h4-6,11,16H,7-8H2,1-3H3. The third-order valence-electron chi connectivity index (χ3n) is 2.74. The molecule has 3 nitrogen and oxygen atoms in total. The molecule has 0 heterocycles. The lowest BCUT2D eigenvalue weighted by Gasteiger charge is -2.27. The molecule has 102 valence electrons. The van der Waals surface area contributed by atoms with E-state index in [9.17, 15) is 13.9 Å². The summed E-state index contributed by atoms with van der Waals surface area (Å²) in [7, 11) is 2.90. The molecule has 0 aromatic heterocycles. The summed E-state index contributed by atoms with van der Waals surface area (Å²) in [5.41, 5.74) is -1.11. The molecule has 0 aliphatic carbocycles. The molecule has 0 amide bonds. The third-order valence-corrected chi connectivity index (χ3v) is 2.74. The molecule has 1 N–H and O–H groups in total. The monoisotopic (exact) mass is 260 g/mol. The van der Waals surface area contributed by atoms with E-state index in [1.165, 1.54) is 33.3 Å². The Hall–Kier alpha value is -1.04. The van der Waals surface area contributed by atoms with Crippen molar-refractivity contribution in [3.63, 3.8) is 0 Å². The molecule has 1 aromatic carbocycles. The molecule has 0 radical (unpaired) electrons. The summed E-state index contributed by atoms with van der Waals surface area (Å²) in [6.45, 7) is 1.53. The summed E-state index contributed by atoms with van der Waals surface area (Å²) < 4.78 is 36.5. The van der Waals surface area contributed by atoms with Crippen LogP contribution < -0.4 is 0 Å². The van der Waals surface area contributed by atoms with Gasteiger partial charge in [0.15, 0.2) is 17.9 Å². The minimum absolute atomic E-state index is 0.0141. The van der Waals surface area contributed by atoms with Gasteiger partial charge >= 0.3 is 0 Å². The number of methoxy groups -OCH3 is 2. The van der Waals surface area contributed by atoms with Crippen LogP contribution in [0, 0.1) is 11.6 Å². The summed E-state index contributed by atoms with van der Waals surface area (Å²) >= 11 is 0. The Kier molecular flexibility index (Phi) is 5.19. The molecule has 0 fully saturated rings. The number of hydrogen-bond donors (Lipinski definition) is 1. The second-order valence-electron chi connectivity index (χ2n) is 4.49. The number of ether oxygens (including phenoxy) is 2. The van der Waals surface area contributed by atoms with Crippen molar-refractivity contribution in [1.29, 1.82) is 0 Å². The normalized spacial score (nSPS) is 14.8. The summed E-state index contributed by atoms with van der Waals surface area (Å²) in [6, 6.07) is 3.90. The van der Waals surface area contributed by atoms with Gasteiger partial charge in [-0.25, -0.2) is 8.78 Å². The van der Waals surface area contributed by atoms with Crippen LogP contribution in [-0.2, 0) is 15.9 Å². The first kappa shape index (κ1) is 15.0. The summed E-state index contributed by atoms with van der Waals surface area (Å²) in [5.74, 6) is -1.84. The lowest BCUT2D eigenvalue weighted by atomic mass is 9.92. The van der Waals surface area contributed by atoms with Crippen LogP contribution in [0.2, 0.25) is 0 Å². The minimum Gasteiger partial charge on any atom is -0.390 e. The molecule has 0 saturated heterocycles. The molecule has 1 unspecified atom stereocenters. The van der Waals surface area contributed by atoms with Gasteiger partial charge in [0.2, 0.25) is 0 Å². The first-order valence-electron chi connectivity index (χ1n) is 5.60. The van der Waals surface area contributed by atoms with Crippen LogP contribution in [0.3, 0.4) is 0 Å². The van der Waals surface area contributed by atoms with Crippen molar-refractivity contribution in [2.75, 3.05) is 14.2 Å². The Bertz CT molecular complexity index is 390. The zero-order valence-corrected chi connectivity index (χ0v) is 10.7. The molecule has 0 aliphatic rings. The van der Waals surface area contributed by atoms with E-state index >= 15 is 0 Å². The van der Waals surface area contributed by atoms with Gasteiger partial charge in [0.1, 0.15) is 0 Å². The Balaban J connectivity index is 2.78. The maximum absolute atomic E-state index is 13.5. The van der Waals surface area contributed by atoms with E-state index in [4.69, 9.17) is 9.47 Å². The van der Waals surface area contributed by atoms with E-state index < -0.39 is 23.5 Å². The van der Waals surface area contributed by atoms with Crippen LogP contribution in [0.25, 0.3) is 0 Å². The maximum atomic E-state index is 13.5. The average molecular weight is 260 g/mol. The smallest absolute Gasteiger partial charge is 0.162 e. The maximum Gasteiger partial charge on any atom is 0.162 e. The second kappa shape index (κ2) is 6.22. The Morgan fingerprint density at radius 3 is 2.44 bits per heavy atom. The topological polar surface area (TPSA) is 38.7 Å². The van der Waals surface area contributed by atoms with Gasteiger partial charge in [0, 0.05) is 27.1 Å². The summed E-state index contributed by atoms with van der Waals surface area (Å²) in [6.07, 6.45) is -0.438. The third kappa shape index (κ3) is 4.01. The Morgan fingerprint density at radius 2 is 1.89 bits per heavy atom. The molecular formula is C13H18F2O3. The van der Waals surface area contributed by atoms with Crippen LogP contribution in [0.1, 0.15) is 18.9 Å². The van der Waals surface area contributed by atoms with Gasteiger partial charge in [0.05, 0.1) is 5.60 Å². The van der Waals surface area contributed by atoms with Gasteiger partial charge in [-0.05, 0) is 18.6 Å². The lowest BCUT2D eigenvalue weighted by molar-refractivity contribution is -0.139. The molecule has 1 atom stereocenters. The van der Waals surface area contributed by atoms with Crippen LogP contribution in [0.5, 0.6) is 0 Å². The highest BCUT2D eigenvalue weighted by atomic mass is 19.2. The van der Waals surface area contributed by atoms with Crippen molar-refractivity contribution in [1.82, 2.24) is 0 Å². The highest BCUT2D eigenvalue weighted by Gasteiger charge is 2.27. The van der Waals surface area contributed by atoms with Crippen LogP contribution >= 0.6 is 0 Å². The van der Waals surface area contributed by atoms with Gasteiger partial charge < -0.3 is 14.6 Å². The molecule has 0 saturated carbocycles. The van der Waals surface area contributed by atoms with E-state index in [-0.39, 0.29) is 18.4 Å².